The van der Waals surface area contributed by atoms with Crippen LogP contribution in [0.25, 0.3) is 0 Å². The summed E-state index contributed by atoms with van der Waals surface area (Å²) >= 11 is 0. The van der Waals surface area contributed by atoms with Gasteiger partial charge in [0, 0.05) is 20.0 Å². The van der Waals surface area contributed by atoms with Gasteiger partial charge < -0.3 is 10.0 Å². The number of aryl methyl sites for hydroxylation is 1. The van der Waals surface area contributed by atoms with Crippen molar-refractivity contribution in [2.45, 2.75) is 6.42 Å². The van der Waals surface area contributed by atoms with Gasteiger partial charge in [0.1, 0.15) is 5.56 Å². The summed E-state index contributed by atoms with van der Waals surface area (Å²) in [6, 6.07) is 0. The van der Waals surface area contributed by atoms with E-state index in [0.717, 1.165) is 12.2 Å². The van der Waals surface area contributed by atoms with Gasteiger partial charge in [0.2, 0.25) is 0 Å². The van der Waals surface area contributed by atoms with E-state index in [1.54, 1.807) is 11.7 Å². The Morgan fingerprint density at radius 1 is 1.64 bits per heavy atom. The first kappa shape index (κ1) is 10.7. The third kappa shape index (κ3) is 2.32. The first-order chi connectivity index (χ1) is 6.52. The van der Waals surface area contributed by atoms with Crippen molar-refractivity contribution in [2.24, 2.45) is 7.05 Å². The minimum atomic E-state index is -0.910. The van der Waals surface area contributed by atoms with Crippen LogP contribution in [0.1, 0.15) is 16.1 Å². The topological polar surface area (TPSA) is 58.4 Å². The molecule has 1 aromatic rings. The fourth-order valence-electron chi connectivity index (χ4n) is 1.27. The summed E-state index contributed by atoms with van der Waals surface area (Å²) in [4.78, 5) is 12.8. The number of rotatable bonds is 4. The standard InChI is InChI=1S/C9H15N3O2/c1-11(2)5-4-8-7(9(13)14)6-10-12(8)3/h6H,4-5H2,1-3H3,(H,13,14). The lowest BCUT2D eigenvalue weighted by molar-refractivity contribution is 0.0695. The predicted octanol–water partition coefficient (Wildman–Crippen LogP) is 0.222. The molecule has 1 aromatic heterocycles. The normalized spacial score (nSPS) is 10.9. The van der Waals surface area contributed by atoms with Crippen molar-refractivity contribution in [3.8, 4) is 0 Å². The quantitative estimate of drug-likeness (QED) is 0.750. The third-order valence-corrected chi connectivity index (χ3v) is 2.09. The van der Waals surface area contributed by atoms with Crippen LogP contribution in [0.15, 0.2) is 6.20 Å². The number of likely N-dealkylation sites (N-methyl/N-ethyl adjacent to an activating group) is 1. The number of hydrogen-bond acceptors (Lipinski definition) is 3. The number of carboxylic acid groups (broad SMARTS) is 1. The fourth-order valence-corrected chi connectivity index (χ4v) is 1.27. The van der Waals surface area contributed by atoms with Gasteiger partial charge >= 0.3 is 5.97 Å². The maximum atomic E-state index is 10.8. The molecular weight excluding hydrogens is 182 g/mol. The molecule has 0 fully saturated rings. The average molecular weight is 197 g/mol. The summed E-state index contributed by atoms with van der Waals surface area (Å²) in [6.45, 7) is 0.819. The van der Waals surface area contributed by atoms with E-state index in [1.165, 1.54) is 6.20 Å². The highest BCUT2D eigenvalue weighted by Crippen LogP contribution is 2.08. The monoisotopic (exact) mass is 197 g/mol. The molecule has 0 aliphatic rings. The van der Waals surface area contributed by atoms with Gasteiger partial charge in [0.15, 0.2) is 0 Å². The SMILES string of the molecule is CN(C)CCc1c(C(=O)O)cnn1C. The Balaban J connectivity index is 2.83. The predicted molar refractivity (Wildman–Crippen MR) is 52.4 cm³/mol. The minimum Gasteiger partial charge on any atom is -0.478 e. The molecule has 0 bridgehead atoms. The lowest BCUT2D eigenvalue weighted by Gasteiger charge is -2.09. The lowest BCUT2D eigenvalue weighted by Crippen LogP contribution is -2.18. The van der Waals surface area contributed by atoms with Crippen LogP contribution in [0.3, 0.4) is 0 Å². The molecule has 0 aliphatic carbocycles. The zero-order valence-corrected chi connectivity index (χ0v) is 8.69. The largest absolute Gasteiger partial charge is 0.478 e. The van der Waals surface area contributed by atoms with E-state index < -0.39 is 5.97 Å². The summed E-state index contributed by atoms with van der Waals surface area (Å²) in [7, 11) is 5.67. The maximum Gasteiger partial charge on any atom is 0.339 e. The average Bonchev–Trinajstić information content (AvgIpc) is 2.43. The molecule has 1 rings (SSSR count). The van der Waals surface area contributed by atoms with Crippen LogP contribution in [-0.2, 0) is 13.5 Å². The van der Waals surface area contributed by atoms with Crippen LogP contribution in [0.2, 0.25) is 0 Å². The molecule has 5 nitrogen and oxygen atoms in total. The molecular formula is C9H15N3O2. The molecule has 5 heteroatoms. The van der Waals surface area contributed by atoms with Crippen LogP contribution in [0, 0.1) is 0 Å². The highest BCUT2D eigenvalue weighted by molar-refractivity contribution is 5.88. The van der Waals surface area contributed by atoms with Crippen molar-refractivity contribution in [3.63, 3.8) is 0 Å². The van der Waals surface area contributed by atoms with E-state index >= 15 is 0 Å². The summed E-state index contributed by atoms with van der Waals surface area (Å²) in [5.41, 5.74) is 1.07. The highest BCUT2D eigenvalue weighted by atomic mass is 16.4. The van der Waals surface area contributed by atoms with Crippen LogP contribution in [0.5, 0.6) is 0 Å². The third-order valence-electron chi connectivity index (χ3n) is 2.09. The van der Waals surface area contributed by atoms with Gasteiger partial charge in [-0.05, 0) is 14.1 Å². The molecule has 0 atom stereocenters. The van der Waals surface area contributed by atoms with E-state index in [1.807, 2.05) is 19.0 Å². The molecule has 0 radical (unpaired) electrons. The smallest absolute Gasteiger partial charge is 0.339 e. The highest BCUT2D eigenvalue weighted by Gasteiger charge is 2.14. The van der Waals surface area contributed by atoms with Crippen molar-refractivity contribution < 1.29 is 9.90 Å². The van der Waals surface area contributed by atoms with Gasteiger partial charge in [-0.25, -0.2) is 4.79 Å². The second-order valence-corrected chi connectivity index (χ2v) is 3.49. The molecule has 0 saturated heterocycles. The van der Waals surface area contributed by atoms with Gasteiger partial charge in [0.05, 0.1) is 11.9 Å². The number of nitrogens with zero attached hydrogens (tertiary/aromatic N) is 3. The fraction of sp³-hybridized carbons (Fsp3) is 0.556. The molecule has 0 unspecified atom stereocenters. The van der Waals surface area contributed by atoms with E-state index in [0.29, 0.717) is 12.0 Å². The molecule has 14 heavy (non-hydrogen) atoms. The Labute approximate surface area is 82.9 Å². The minimum absolute atomic E-state index is 0.300. The van der Waals surface area contributed by atoms with Crippen molar-refractivity contribution in [1.82, 2.24) is 14.7 Å². The molecule has 0 amide bonds. The van der Waals surface area contributed by atoms with Crippen molar-refractivity contribution in [2.75, 3.05) is 20.6 Å². The second kappa shape index (κ2) is 4.23. The van der Waals surface area contributed by atoms with E-state index in [2.05, 4.69) is 5.10 Å². The van der Waals surface area contributed by atoms with Gasteiger partial charge in [-0.1, -0.05) is 0 Å². The Bertz CT molecular complexity index is 331. The molecule has 1 heterocycles. The van der Waals surface area contributed by atoms with E-state index in [4.69, 9.17) is 5.11 Å². The van der Waals surface area contributed by atoms with Gasteiger partial charge in [0.25, 0.3) is 0 Å². The van der Waals surface area contributed by atoms with Crippen molar-refractivity contribution >= 4 is 5.97 Å². The summed E-state index contributed by atoms with van der Waals surface area (Å²) in [5.74, 6) is -0.910. The van der Waals surface area contributed by atoms with E-state index in [9.17, 15) is 4.79 Å². The summed E-state index contributed by atoms with van der Waals surface area (Å²) in [5, 5.41) is 12.8. The first-order valence-electron chi connectivity index (χ1n) is 4.41. The van der Waals surface area contributed by atoms with Crippen LogP contribution < -0.4 is 0 Å². The number of hydrogen-bond donors (Lipinski definition) is 1. The second-order valence-electron chi connectivity index (χ2n) is 3.49. The Kier molecular flexibility index (Phi) is 3.24. The molecule has 78 valence electrons. The number of carbonyl (C=O) groups is 1. The first-order valence-corrected chi connectivity index (χ1v) is 4.41. The molecule has 0 spiro atoms. The molecule has 0 aromatic carbocycles. The van der Waals surface area contributed by atoms with Crippen LogP contribution >= 0.6 is 0 Å². The number of carboxylic acids is 1. The lowest BCUT2D eigenvalue weighted by atomic mass is 10.2. The van der Waals surface area contributed by atoms with Gasteiger partial charge in [-0.3, -0.25) is 4.68 Å². The number of aromatic carboxylic acids is 1. The summed E-state index contributed by atoms with van der Waals surface area (Å²) < 4.78 is 1.62. The Hall–Kier alpha value is -1.36. The zero-order valence-electron chi connectivity index (χ0n) is 8.69. The number of aromatic nitrogens is 2. The van der Waals surface area contributed by atoms with Crippen molar-refractivity contribution in [1.29, 1.82) is 0 Å². The van der Waals surface area contributed by atoms with Crippen LogP contribution in [0.4, 0.5) is 0 Å². The summed E-state index contributed by atoms with van der Waals surface area (Å²) in [6.07, 6.45) is 2.10. The molecule has 1 N–H and O–H groups in total. The Morgan fingerprint density at radius 3 is 2.79 bits per heavy atom. The van der Waals surface area contributed by atoms with E-state index in [-0.39, 0.29) is 0 Å². The van der Waals surface area contributed by atoms with Crippen LogP contribution in [-0.4, -0.2) is 46.4 Å². The van der Waals surface area contributed by atoms with Gasteiger partial charge in [-0.2, -0.15) is 5.10 Å². The zero-order chi connectivity index (χ0) is 10.7. The Morgan fingerprint density at radius 2 is 2.29 bits per heavy atom. The molecule has 0 aliphatic heterocycles. The maximum absolute atomic E-state index is 10.8. The molecule has 0 saturated carbocycles. The van der Waals surface area contributed by atoms with Crippen molar-refractivity contribution in [3.05, 3.63) is 17.5 Å². The van der Waals surface area contributed by atoms with Gasteiger partial charge in [-0.15, -0.1) is 0 Å².